The number of rotatable bonds is 9. The zero-order valence-electron chi connectivity index (χ0n) is 20.2. The number of hydrogen-bond acceptors (Lipinski definition) is 3. The summed E-state index contributed by atoms with van der Waals surface area (Å²) in [7, 11) is 0. The molecule has 0 aliphatic heterocycles. The summed E-state index contributed by atoms with van der Waals surface area (Å²) in [6.45, 7) is 6.07. The molecule has 1 atom stereocenters. The van der Waals surface area contributed by atoms with Crippen LogP contribution in [0, 0.1) is 0 Å². The minimum Gasteiger partial charge on any atom is -0.483 e. The summed E-state index contributed by atoms with van der Waals surface area (Å²) < 4.78 is 6.66. The van der Waals surface area contributed by atoms with Gasteiger partial charge < -0.3 is 15.0 Å². The lowest BCUT2D eigenvalue weighted by Gasteiger charge is -2.31. The summed E-state index contributed by atoms with van der Waals surface area (Å²) in [4.78, 5) is 27.9. The van der Waals surface area contributed by atoms with E-state index in [1.54, 1.807) is 17.9 Å². The molecule has 0 bridgehead atoms. The average Bonchev–Trinajstić information content (AvgIpc) is 2.82. The minimum absolute atomic E-state index is 0.144. The van der Waals surface area contributed by atoms with Gasteiger partial charge in [-0.15, -0.1) is 0 Å². The predicted octanol–water partition coefficient (Wildman–Crippen LogP) is 6.47. The minimum atomic E-state index is -0.652. The van der Waals surface area contributed by atoms with Crippen molar-refractivity contribution < 1.29 is 14.3 Å². The first-order valence-corrected chi connectivity index (χ1v) is 13.2. The van der Waals surface area contributed by atoms with Gasteiger partial charge in [-0.1, -0.05) is 69.0 Å². The second-order valence-electron chi connectivity index (χ2n) is 9.27. The average molecular weight is 550 g/mol. The number of nitrogens with zero attached hydrogens (tertiary/aromatic N) is 1. The van der Waals surface area contributed by atoms with Crippen LogP contribution in [0.25, 0.3) is 0 Å². The third kappa shape index (κ3) is 7.22. The van der Waals surface area contributed by atoms with E-state index in [0.717, 1.165) is 35.7 Å². The SMILES string of the molecule is CC(C)c1ccc(OCC(=O)N(Cc2ccccc2Cl)[C@H](C)C(=O)NC2CCCCC2)c(Br)c1. The van der Waals surface area contributed by atoms with Gasteiger partial charge in [-0.25, -0.2) is 0 Å². The smallest absolute Gasteiger partial charge is 0.261 e. The lowest BCUT2D eigenvalue weighted by atomic mass is 9.95. The molecule has 2 aromatic rings. The zero-order valence-corrected chi connectivity index (χ0v) is 22.5. The molecule has 1 fully saturated rings. The first kappa shape index (κ1) is 26.6. The van der Waals surface area contributed by atoms with Gasteiger partial charge in [0, 0.05) is 17.6 Å². The van der Waals surface area contributed by atoms with Gasteiger partial charge in [0.2, 0.25) is 5.91 Å². The van der Waals surface area contributed by atoms with Crippen LogP contribution in [0.3, 0.4) is 0 Å². The van der Waals surface area contributed by atoms with Crippen molar-refractivity contribution in [3.05, 3.63) is 63.1 Å². The molecule has 0 unspecified atom stereocenters. The number of hydrogen-bond donors (Lipinski definition) is 1. The van der Waals surface area contributed by atoms with Crippen LogP contribution in [0.2, 0.25) is 5.02 Å². The fourth-order valence-corrected chi connectivity index (χ4v) is 4.88. The highest BCUT2D eigenvalue weighted by Crippen LogP contribution is 2.29. The molecule has 34 heavy (non-hydrogen) atoms. The van der Waals surface area contributed by atoms with Gasteiger partial charge in [-0.3, -0.25) is 9.59 Å². The second-order valence-corrected chi connectivity index (χ2v) is 10.5. The highest BCUT2D eigenvalue weighted by atomic mass is 79.9. The van der Waals surface area contributed by atoms with Gasteiger partial charge in [0.25, 0.3) is 5.91 Å². The van der Waals surface area contributed by atoms with E-state index in [4.69, 9.17) is 16.3 Å². The quantitative estimate of drug-likeness (QED) is 0.390. The van der Waals surface area contributed by atoms with Gasteiger partial charge in [-0.05, 0) is 70.9 Å². The normalized spacial score (nSPS) is 15.1. The molecule has 0 spiro atoms. The van der Waals surface area contributed by atoms with Crippen LogP contribution in [-0.2, 0) is 16.1 Å². The van der Waals surface area contributed by atoms with Crippen molar-refractivity contribution in [3.8, 4) is 5.75 Å². The first-order chi connectivity index (χ1) is 16.3. The standard InChI is InChI=1S/C27H34BrClN2O3/c1-18(2)20-13-14-25(23(28)15-20)34-17-26(32)31(16-21-9-7-8-12-24(21)29)19(3)27(33)30-22-10-5-4-6-11-22/h7-9,12-15,18-19,22H,4-6,10-11,16-17H2,1-3H3,(H,30,33)/t19-/m1/s1. The van der Waals surface area contributed by atoms with E-state index in [2.05, 4.69) is 35.1 Å². The molecule has 0 aromatic heterocycles. The lowest BCUT2D eigenvalue weighted by molar-refractivity contribution is -0.142. The Bertz CT molecular complexity index is 992. The second kappa shape index (κ2) is 12.6. The zero-order chi connectivity index (χ0) is 24.7. The Hall–Kier alpha value is -2.05. The summed E-state index contributed by atoms with van der Waals surface area (Å²) in [6.07, 6.45) is 5.44. The van der Waals surface area contributed by atoms with Crippen LogP contribution < -0.4 is 10.1 Å². The van der Waals surface area contributed by atoms with Crippen molar-refractivity contribution in [1.29, 1.82) is 0 Å². The molecular formula is C27H34BrClN2O3. The molecule has 1 saturated carbocycles. The molecule has 0 radical (unpaired) electrons. The van der Waals surface area contributed by atoms with Crippen LogP contribution in [-0.4, -0.2) is 35.4 Å². The molecule has 1 aliphatic rings. The van der Waals surface area contributed by atoms with Crippen LogP contribution in [0.4, 0.5) is 0 Å². The van der Waals surface area contributed by atoms with Gasteiger partial charge in [0.1, 0.15) is 11.8 Å². The van der Waals surface area contributed by atoms with E-state index in [-0.39, 0.29) is 31.0 Å². The summed E-state index contributed by atoms with van der Waals surface area (Å²) in [5.41, 5.74) is 1.97. The Morgan fingerprint density at radius 2 is 1.82 bits per heavy atom. The largest absolute Gasteiger partial charge is 0.483 e. The number of nitrogens with one attached hydrogen (secondary N) is 1. The predicted molar refractivity (Wildman–Crippen MR) is 140 cm³/mol. The maximum Gasteiger partial charge on any atom is 0.261 e. The van der Waals surface area contributed by atoms with Crippen molar-refractivity contribution in [3.63, 3.8) is 0 Å². The fraction of sp³-hybridized carbons (Fsp3) is 0.481. The maximum absolute atomic E-state index is 13.3. The van der Waals surface area contributed by atoms with Gasteiger partial charge >= 0.3 is 0 Å². The van der Waals surface area contributed by atoms with Gasteiger partial charge in [-0.2, -0.15) is 0 Å². The summed E-state index contributed by atoms with van der Waals surface area (Å²) in [6, 6.07) is 12.8. The van der Waals surface area contributed by atoms with E-state index in [0.29, 0.717) is 16.7 Å². The molecule has 0 heterocycles. The van der Waals surface area contributed by atoms with Crippen molar-refractivity contribution in [2.24, 2.45) is 0 Å². The van der Waals surface area contributed by atoms with Crippen molar-refractivity contribution in [1.82, 2.24) is 10.2 Å². The number of ether oxygens (including phenoxy) is 1. The van der Waals surface area contributed by atoms with Crippen LogP contribution in [0.15, 0.2) is 46.9 Å². The van der Waals surface area contributed by atoms with Gasteiger partial charge in [0.15, 0.2) is 6.61 Å². The number of carbonyl (C=O) groups excluding carboxylic acids is 2. The third-order valence-electron chi connectivity index (χ3n) is 6.39. The van der Waals surface area contributed by atoms with Crippen molar-refractivity contribution in [2.75, 3.05) is 6.61 Å². The number of benzene rings is 2. The Morgan fingerprint density at radius 1 is 1.12 bits per heavy atom. The number of halogens is 2. The highest BCUT2D eigenvalue weighted by Gasteiger charge is 2.29. The third-order valence-corrected chi connectivity index (χ3v) is 7.38. The summed E-state index contributed by atoms with van der Waals surface area (Å²) in [5.74, 6) is 0.567. The molecule has 184 valence electrons. The van der Waals surface area contributed by atoms with E-state index in [9.17, 15) is 9.59 Å². The molecular weight excluding hydrogens is 516 g/mol. The molecule has 7 heteroatoms. The molecule has 2 aromatic carbocycles. The van der Waals surface area contributed by atoms with E-state index in [1.807, 2.05) is 36.4 Å². The van der Waals surface area contributed by atoms with E-state index < -0.39 is 6.04 Å². The van der Waals surface area contributed by atoms with Gasteiger partial charge in [0.05, 0.1) is 4.47 Å². The van der Waals surface area contributed by atoms with E-state index >= 15 is 0 Å². The maximum atomic E-state index is 13.3. The molecule has 1 N–H and O–H groups in total. The van der Waals surface area contributed by atoms with Crippen LogP contribution >= 0.6 is 27.5 Å². The Balaban J connectivity index is 1.73. The van der Waals surface area contributed by atoms with E-state index in [1.165, 1.54) is 12.0 Å². The molecule has 5 nitrogen and oxygen atoms in total. The molecule has 0 saturated heterocycles. The first-order valence-electron chi connectivity index (χ1n) is 12.0. The highest BCUT2D eigenvalue weighted by molar-refractivity contribution is 9.10. The lowest BCUT2D eigenvalue weighted by Crippen LogP contribution is -2.51. The monoisotopic (exact) mass is 548 g/mol. The molecule has 3 rings (SSSR count). The Labute approximate surface area is 216 Å². The Kier molecular flexibility index (Phi) is 9.84. The number of carbonyl (C=O) groups is 2. The summed E-state index contributed by atoms with van der Waals surface area (Å²) >= 11 is 9.91. The summed E-state index contributed by atoms with van der Waals surface area (Å²) in [5, 5.41) is 3.70. The topological polar surface area (TPSA) is 58.6 Å². The van der Waals surface area contributed by atoms with Crippen LogP contribution in [0.1, 0.15) is 69.9 Å². The molecule has 2 amide bonds. The van der Waals surface area contributed by atoms with Crippen LogP contribution in [0.5, 0.6) is 5.75 Å². The fourth-order valence-electron chi connectivity index (χ4n) is 4.18. The van der Waals surface area contributed by atoms with Crippen molar-refractivity contribution >= 4 is 39.3 Å². The van der Waals surface area contributed by atoms with Crippen molar-refractivity contribution in [2.45, 2.75) is 77.4 Å². The number of amides is 2. The Morgan fingerprint density at radius 3 is 2.47 bits per heavy atom. The molecule has 1 aliphatic carbocycles.